The van der Waals surface area contributed by atoms with E-state index < -0.39 is 0 Å². The minimum atomic E-state index is 0.597. The molecule has 5 heteroatoms. The van der Waals surface area contributed by atoms with Gasteiger partial charge in [0.25, 0.3) is 0 Å². The SMILES string of the molecule is c1ccc(-c2cc(-c3nc(-c4ccc(-c5ccc6ccccc6c5)cc4)nc(-c4ccc5c(c4)sc4ccccc45)n3)c3c(c2)oc2ccccc23)cc1. The number of nitrogens with zero attached hydrogens (tertiary/aromatic N) is 3. The van der Waals surface area contributed by atoms with E-state index in [4.69, 9.17) is 19.4 Å². The molecule has 3 heterocycles. The van der Waals surface area contributed by atoms with Crippen LogP contribution in [0.2, 0.25) is 0 Å². The molecular weight excluding hydrogens is 679 g/mol. The largest absolute Gasteiger partial charge is 0.456 e. The molecule has 0 aliphatic rings. The minimum absolute atomic E-state index is 0.597. The number of aromatic nitrogens is 3. The summed E-state index contributed by atoms with van der Waals surface area (Å²) in [5, 5.41) is 6.96. The van der Waals surface area contributed by atoms with Gasteiger partial charge in [-0.3, -0.25) is 0 Å². The van der Waals surface area contributed by atoms with Crippen molar-refractivity contribution in [3.05, 3.63) is 176 Å². The molecule has 0 N–H and O–H groups in total. The lowest BCUT2D eigenvalue weighted by molar-refractivity contribution is 0.669. The number of hydrogen-bond acceptors (Lipinski definition) is 5. The summed E-state index contributed by atoms with van der Waals surface area (Å²) in [5.74, 6) is 1.83. The lowest BCUT2D eigenvalue weighted by Gasteiger charge is -2.12. The lowest BCUT2D eigenvalue weighted by atomic mass is 9.98. The number of thiophene rings is 1. The molecule has 0 radical (unpaired) electrons. The summed E-state index contributed by atoms with van der Waals surface area (Å²) in [6.07, 6.45) is 0. The van der Waals surface area contributed by atoms with Crippen LogP contribution >= 0.6 is 11.3 Å². The minimum Gasteiger partial charge on any atom is -0.456 e. The van der Waals surface area contributed by atoms with E-state index in [-0.39, 0.29) is 0 Å². The zero-order valence-electron chi connectivity index (χ0n) is 28.9. The number of fused-ring (bicyclic) bond motifs is 7. The fourth-order valence-electron chi connectivity index (χ4n) is 7.63. The molecule has 0 saturated carbocycles. The molecule has 0 fully saturated rings. The van der Waals surface area contributed by atoms with Gasteiger partial charge in [0.1, 0.15) is 11.2 Å². The highest BCUT2D eigenvalue weighted by Crippen LogP contribution is 2.41. The first-order valence-electron chi connectivity index (χ1n) is 18.0. The highest BCUT2D eigenvalue weighted by atomic mass is 32.1. The average Bonchev–Trinajstić information content (AvgIpc) is 3.81. The van der Waals surface area contributed by atoms with Gasteiger partial charge in [-0.05, 0) is 69.4 Å². The molecule has 4 nitrogen and oxygen atoms in total. The van der Waals surface area contributed by atoms with Gasteiger partial charge in [-0.15, -0.1) is 11.3 Å². The van der Waals surface area contributed by atoms with Crippen molar-refractivity contribution in [2.24, 2.45) is 0 Å². The number of rotatable bonds is 5. The fraction of sp³-hybridized carbons (Fsp3) is 0. The first kappa shape index (κ1) is 30.7. The Bertz CT molecular complexity index is 3220. The Kier molecular flexibility index (Phi) is 7.00. The van der Waals surface area contributed by atoms with Gasteiger partial charge in [0.15, 0.2) is 17.5 Å². The molecule has 0 aliphatic carbocycles. The van der Waals surface area contributed by atoms with E-state index in [1.54, 1.807) is 11.3 Å². The van der Waals surface area contributed by atoms with E-state index in [2.05, 4.69) is 152 Å². The molecule has 54 heavy (non-hydrogen) atoms. The molecule has 0 saturated heterocycles. The fourth-order valence-corrected chi connectivity index (χ4v) is 8.77. The third-order valence-electron chi connectivity index (χ3n) is 10.3. The van der Waals surface area contributed by atoms with Crippen molar-refractivity contribution >= 4 is 64.2 Å². The van der Waals surface area contributed by atoms with E-state index >= 15 is 0 Å². The molecule has 0 spiro atoms. The summed E-state index contributed by atoms with van der Waals surface area (Å²) in [4.78, 5) is 15.7. The van der Waals surface area contributed by atoms with Crippen molar-refractivity contribution in [2.75, 3.05) is 0 Å². The van der Waals surface area contributed by atoms with Crippen LogP contribution in [0.1, 0.15) is 0 Å². The molecule has 11 rings (SSSR count). The number of para-hydroxylation sites is 1. The van der Waals surface area contributed by atoms with Gasteiger partial charge in [-0.2, -0.15) is 0 Å². The van der Waals surface area contributed by atoms with Crippen LogP contribution < -0.4 is 0 Å². The third kappa shape index (κ3) is 5.17. The summed E-state index contributed by atoms with van der Waals surface area (Å²) in [6, 6.07) is 61.6. The number of furan rings is 1. The first-order valence-corrected chi connectivity index (χ1v) is 18.8. The summed E-state index contributed by atoms with van der Waals surface area (Å²) in [6.45, 7) is 0. The Morgan fingerprint density at radius 3 is 1.85 bits per heavy atom. The van der Waals surface area contributed by atoms with E-state index in [1.807, 2.05) is 24.3 Å². The Balaban J connectivity index is 1.12. The lowest BCUT2D eigenvalue weighted by Crippen LogP contribution is -2.00. The van der Waals surface area contributed by atoms with Crippen LogP contribution in [0.3, 0.4) is 0 Å². The molecular formula is C49H29N3OS. The molecule has 0 amide bonds. The first-order chi connectivity index (χ1) is 26.7. The predicted octanol–water partition coefficient (Wildman–Crippen LogP) is 13.6. The maximum Gasteiger partial charge on any atom is 0.164 e. The second-order valence-corrected chi connectivity index (χ2v) is 14.7. The maximum absolute atomic E-state index is 6.50. The Morgan fingerprint density at radius 2 is 0.981 bits per heavy atom. The van der Waals surface area contributed by atoms with Gasteiger partial charge >= 0.3 is 0 Å². The summed E-state index contributed by atoms with van der Waals surface area (Å²) >= 11 is 1.79. The van der Waals surface area contributed by atoms with Crippen LogP contribution in [0.15, 0.2) is 180 Å². The van der Waals surface area contributed by atoms with Crippen molar-refractivity contribution in [2.45, 2.75) is 0 Å². The highest BCUT2D eigenvalue weighted by molar-refractivity contribution is 7.25. The van der Waals surface area contributed by atoms with Crippen LogP contribution in [0.5, 0.6) is 0 Å². The quantitative estimate of drug-likeness (QED) is 0.179. The van der Waals surface area contributed by atoms with Crippen LogP contribution in [-0.2, 0) is 0 Å². The standard InChI is InChI=1S/C49H29N3OS/c1-2-10-30(11-3-1)37-27-41(46-40-15-6-8-16-42(40)53-43(46)28-37)49-51-47(33-21-18-32(19-22-33)35-23-20-31-12-4-5-13-34(31)26-35)50-48(52-49)36-24-25-39-38-14-7-9-17-44(38)54-45(39)29-36/h1-29H. The van der Waals surface area contributed by atoms with Crippen LogP contribution in [0, 0.1) is 0 Å². The summed E-state index contributed by atoms with van der Waals surface area (Å²) in [7, 11) is 0. The van der Waals surface area contributed by atoms with Crippen molar-refractivity contribution in [3.8, 4) is 56.4 Å². The van der Waals surface area contributed by atoms with Gasteiger partial charge in [0.2, 0.25) is 0 Å². The number of benzene rings is 8. The highest BCUT2D eigenvalue weighted by Gasteiger charge is 2.20. The van der Waals surface area contributed by atoms with Crippen LogP contribution in [-0.4, -0.2) is 15.0 Å². The molecule has 0 unspecified atom stereocenters. The topological polar surface area (TPSA) is 51.8 Å². The second-order valence-electron chi connectivity index (χ2n) is 13.6. The van der Waals surface area contributed by atoms with Gasteiger partial charge in [0, 0.05) is 47.6 Å². The van der Waals surface area contributed by atoms with E-state index in [9.17, 15) is 0 Å². The van der Waals surface area contributed by atoms with E-state index in [0.717, 1.165) is 55.3 Å². The predicted molar refractivity (Wildman–Crippen MR) is 225 cm³/mol. The van der Waals surface area contributed by atoms with Crippen LogP contribution in [0.4, 0.5) is 0 Å². The smallest absolute Gasteiger partial charge is 0.164 e. The molecule has 11 aromatic rings. The maximum atomic E-state index is 6.50. The summed E-state index contributed by atoms with van der Waals surface area (Å²) < 4.78 is 8.96. The Hall–Kier alpha value is -6.95. The van der Waals surface area contributed by atoms with Gasteiger partial charge < -0.3 is 4.42 Å². The van der Waals surface area contributed by atoms with Crippen molar-refractivity contribution in [1.82, 2.24) is 15.0 Å². The van der Waals surface area contributed by atoms with Gasteiger partial charge in [-0.25, -0.2) is 15.0 Å². The molecule has 252 valence electrons. The Labute approximate surface area is 314 Å². The second kappa shape index (κ2) is 12.3. The normalized spacial score (nSPS) is 11.7. The monoisotopic (exact) mass is 707 g/mol. The van der Waals surface area contributed by atoms with E-state index in [0.29, 0.717) is 17.5 Å². The van der Waals surface area contributed by atoms with Crippen LogP contribution in [0.25, 0.3) is 109 Å². The zero-order valence-corrected chi connectivity index (χ0v) is 29.7. The zero-order chi connectivity index (χ0) is 35.6. The third-order valence-corrected chi connectivity index (χ3v) is 11.5. The van der Waals surface area contributed by atoms with E-state index in [1.165, 1.54) is 36.5 Å². The number of hydrogen-bond donors (Lipinski definition) is 0. The van der Waals surface area contributed by atoms with Crippen molar-refractivity contribution in [1.29, 1.82) is 0 Å². The molecule has 0 aliphatic heterocycles. The molecule has 8 aromatic carbocycles. The Morgan fingerprint density at radius 1 is 0.352 bits per heavy atom. The average molecular weight is 708 g/mol. The van der Waals surface area contributed by atoms with Crippen molar-refractivity contribution in [3.63, 3.8) is 0 Å². The molecule has 0 atom stereocenters. The summed E-state index contributed by atoms with van der Waals surface area (Å²) in [5.41, 5.74) is 8.81. The van der Waals surface area contributed by atoms with Crippen molar-refractivity contribution < 1.29 is 4.42 Å². The molecule has 0 bridgehead atoms. The van der Waals surface area contributed by atoms with Gasteiger partial charge in [0.05, 0.1) is 0 Å². The van der Waals surface area contributed by atoms with Gasteiger partial charge in [-0.1, -0.05) is 140 Å². The molecule has 3 aromatic heterocycles.